The minimum Gasteiger partial charge on any atom is -0.508 e. The molecule has 150 valence electrons. The summed E-state index contributed by atoms with van der Waals surface area (Å²) in [5, 5.41) is 9.47. The molecule has 0 unspecified atom stereocenters. The molecular weight excluding hydrogens is 362 g/mol. The van der Waals surface area contributed by atoms with Crippen LogP contribution in [-0.4, -0.2) is 46.7 Å². The van der Waals surface area contributed by atoms with Crippen molar-refractivity contribution in [3.05, 3.63) is 83.2 Å². The van der Waals surface area contributed by atoms with Gasteiger partial charge in [0.05, 0.1) is 5.56 Å². The summed E-state index contributed by atoms with van der Waals surface area (Å²) in [5.41, 5.74) is 5.25. The van der Waals surface area contributed by atoms with E-state index in [1.54, 1.807) is 12.1 Å². The van der Waals surface area contributed by atoms with E-state index < -0.39 is 0 Å². The maximum absolute atomic E-state index is 13.2. The quantitative estimate of drug-likeness (QED) is 0.738. The summed E-state index contributed by atoms with van der Waals surface area (Å²) < 4.78 is 2.22. The third-order valence-electron chi connectivity index (χ3n) is 5.77. The number of hydrogen-bond donors (Lipinski definition) is 1. The van der Waals surface area contributed by atoms with E-state index in [2.05, 4.69) is 28.5 Å². The minimum atomic E-state index is 0.114. The van der Waals surface area contributed by atoms with Crippen molar-refractivity contribution in [1.82, 2.24) is 9.47 Å². The molecule has 1 amide bonds. The van der Waals surface area contributed by atoms with Crippen LogP contribution in [0.25, 0.3) is 0 Å². The van der Waals surface area contributed by atoms with Gasteiger partial charge in [-0.1, -0.05) is 30.3 Å². The second-order valence-electron chi connectivity index (χ2n) is 7.65. The van der Waals surface area contributed by atoms with Crippen molar-refractivity contribution in [2.75, 3.05) is 31.1 Å². The zero-order chi connectivity index (χ0) is 20.4. The van der Waals surface area contributed by atoms with Crippen molar-refractivity contribution in [3.63, 3.8) is 0 Å². The van der Waals surface area contributed by atoms with E-state index in [9.17, 15) is 9.90 Å². The number of piperazine rings is 1. The van der Waals surface area contributed by atoms with Gasteiger partial charge in [0.15, 0.2) is 0 Å². The summed E-state index contributed by atoms with van der Waals surface area (Å²) in [6.07, 6.45) is 0. The van der Waals surface area contributed by atoms with Gasteiger partial charge in [-0.15, -0.1) is 0 Å². The first-order chi connectivity index (χ1) is 14.0. The molecule has 4 rings (SSSR count). The number of aromatic nitrogens is 1. The largest absolute Gasteiger partial charge is 0.508 e. The number of carbonyl (C=O) groups excluding carboxylic acids is 1. The first kappa shape index (κ1) is 19.1. The number of rotatable bonds is 4. The number of aromatic hydroxyl groups is 1. The Bertz CT molecular complexity index is 985. The minimum absolute atomic E-state index is 0.114. The van der Waals surface area contributed by atoms with E-state index in [4.69, 9.17) is 0 Å². The zero-order valence-electron chi connectivity index (χ0n) is 17.0. The Hall–Kier alpha value is -3.21. The molecule has 1 aromatic heterocycles. The molecule has 3 aromatic rings. The van der Waals surface area contributed by atoms with Crippen molar-refractivity contribution in [2.24, 2.45) is 0 Å². The van der Waals surface area contributed by atoms with Gasteiger partial charge >= 0.3 is 0 Å². The molecule has 1 fully saturated rings. The lowest BCUT2D eigenvalue weighted by atomic mass is 10.2. The van der Waals surface area contributed by atoms with Crippen LogP contribution in [-0.2, 0) is 6.54 Å². The molecule has 0 radical (unpaired) electrons. The van der Waals surface area contributed by atoms with Gasteiger partial charge in [-0.25, -0.2) is 0 Å². The summed E-state index contributed by atoms with van der Waals surface area (Å²) in [6.45, 7) is 7.86. The highest BCUT2D eigenvalue weighted by molar-refractivity contribution is 5.96. The molecule has 5 heteroatoms. The Labute approximate surface area is 171 Å². The van der Waals surface area contributed by atoms with Crippen LogP contribution in [0.4, 0.5) is 5.69 Å². The Kier molecular flexibility index (Phi) is 5.30. The number of benzene rings is 2. The van der Waals surface area contributed by atoms with Crippen molar-refractivity contribution >= 4 is 11.6 Å². The summed E-state index contributed by atoms with van der Waals surface area (Å²) in [7, 11) is 0. The van der Waals surface area contributed by atoms with E-state index in [0.29, 0.717) is 13.1 Å². The molecule has 29 heavy (non-hydrogen) atoms. The third-order valence-corrected chi connectivity index (χ3v) is 5.77. The van der Waals surface area contributed by atoms with Crippen molar-refractivity contribution in [3.8, 4) is 5.75 Å². The van der Waals surface area contributed by atoms with Crippen LogP contribution in [0.5, 0.6) is 5.75 Å². The molecule has 2 aromatic carbocycles. The fourth-order valence-corrected chi connectivity index (χ4v) is 4.03. The summed E-state index contributed by atoms with van der Waals surface area (Å²) in [5.74, 6) is 0.385. The fraction of sp³-hybridized carbons (Fsp3) is 0.292. The highest BCUT2D eigenvalue weighted by atomic mass is 16.3. The molecule has 0 atom stereocenters. The molecule has 1 saturated heterocycles. The number of anilines is 1. The van der Waals surface area contributed by atoms with Gasteiger partial charge in [0, 0.05) is 49.8 Å². The molecular formula is C24H27N3O2. The molecule has 1 aliphatic heterocycles. The van der Waals surface area contributed by atoms with Crippen LogP contribution in [0, 0.1) is 13.8 Å². The van der Waals surface area contributed by atoms with Crippen molar-refractivity contribution < 1.29 is 9.90 Å². The maximum Gasteiger partial charge on any atom is 0.255 e. The predicted octanol–water partition coefficient (Wildman–Crippen LogP) is 3.82. The lowest BCUT2D eigenvalue weighted by molar-refractivity contribution is 0.0746. The van der Waals surface area contributed by atoms with Gasteiger partial charge in [-0.3, -0.25) is 4.79 Å². The molecule has 1 N–H and O–H groups in total. The molecule has 2 heterocycles. The van der Waals surface area contributed by atoms with Crippen molar-refractivity contribution in [1.29, 1.82) is 0 Å². The van der Waals surface area contributed by atoms with E-state index in [0.717, 1.165) is 42.3 Å². The van der Waals surface area contributed by atoms with E-state index in [1.165, 1.54) is 5.56 Å². The van der Waals surface area contributed by atoms with Crippen LogP contribution < -0.4 is 4.90 Å². The van der Waals surface area contributed by atoms with Gasteiger partial charge in [0.2, 0.25) is 0 Å². The van der Waals surface area contributed by atoms with Crippen LogP contribution in [0.15, 0.2) is 60.7 Å². The molecule has 5 nitrogen and oxygen atoms in total. The van der Waals surface area contributed by atoms with E-state index in [1.807, 2.05) is 48.2 Å². The lowest BCUT2D eigenvalue weighted by Crippen LogP contribution is -2.48. The second-order valence-corrected chi connectivity index (χ2v) is 7.65. The smallest absolute Gasteiger partial charge is 0.255 e. The SMILES string of the molecule is Cc1cc(C(=O)N2CCN(c3ccc(O)cc3)CC2)c(C)n1Cc1ccccc1. The zero-order valence-corrected chi connectivity index (χ0v) is 17.0. The topological polar surface area (TPSA) is 48.7 Å². The summed E-state index contributed by atoms with van der Waals surface area (Å²) in [4.78, 5) is 17.4. The number of amides is 1. The van der Waals surface area contributed by atoms with Gasteiger partial charge in [0.1, 0.15) is 5.75 Å². The standard InChI is InChI=1S/C24H27N3O2/c1-18-16-23(19(2)27(18)17-20-6-4-3-5-7-20)24(29)26-14-12-25(13-15-26)21-8-10-22(28)11-9-21/h3-11,16,28H,12-15,17H2,1-2H3. The number of aryl methyl sites for hydroxylation is 1. The number of hydrogen-bond acceptors (Lipinski definition) is 3. The average molecular weight is 389 g/mol. The average Bonchev–Trinajstić information content (AvgIpc) is 3.03. The number of carbonyl (C=O) groups is 1. The molecule has 0 bridgehead atoms. The Morgan fingerprint density at radius 3 is 2.24 bits per heavy atom. The molecule has 0 aliphatic carbocycles. The van der Waals surface area contributed by atoms with Gasteiger partial charge in [-0.05, 0) is 49.7 Å². The first-order valence-corrected chi connectivity index (χ1v) is 10.1. The summed E-state index contributed by atoms with van der Waals surface area (Å²) >= 11 is 0. The van der Waals surface area contributed by atoms with Crippen LogP contribution >= 0.6 is 0 Å². The number of nitrogens with zero attached hydrogens (tertiary/aromatic N) is 3. The Balaban J connectivity index is 1.45. The highest BCUT2D eigenvalue weighted by Gasteiger charge is 2.25. The van der Waals surface area contributed by atoms with Crippen LogP contribution in [0.2, 0.25) is 0 Å². The third kappa shape index (κ3) is 3.99. The maximum atomic E-state index is 13.2. The Morgan fingerprint density at radius 2 is 1.59 bits per heavy atom. The molecule has 0 saturated carbocycles. The molecule has 1 aliphatic rings. The van der Waals surface area contributed by atoms with Crippen LogP contribution in [0.3, 0.4) is 0 Å². The van der Waals surface area contributed by atoms with Gasteiger partial charge in [-0.2, -0.15) is 0 Å². The number of phenols is 1. The monoisotopic (exact) mass is 389 g/mol. The van der Waals surface area contributed by atoms with Gasteiger partial charge in [0.25, 0.3) is 5.91 Å². The first-order valence-electron chi connectivity index (χ1n) is 10.1. The van der Waals surface area contributed by atoms with Crippen LogP contribution in [0.1, 0.15) is 27.3 Å². The summed E-state index contributed by atoms with van der Waals surface area (Å²) in [6, 6.07) is 19.6. The van der Waals surface area contributed by atoms with Crippen molar-refractivity contribution in [2.45, 2.75) is 20.4 Å². The Morgan fingerprint density at radius 1 is 0.931 bits per heavy atom. The molecule has 0 spiro atoms. The van der Waals surface area contributed by atoms with E-state index >= 15 is 0 Å². The normalized spacial score (nSPS) is 14.3. The lowest BCUT2D eigenvalue weighted by Gasteiger charge is -2.36. The fourth-order valence-electron chi connectivity index (χ4n) is 4.03. The predicted molar refractivity (Wildman–Crippen MR) is 116 cm³/mol. The second kappa shape index (κ2) is 8.03. The number of phenolic OH excluding ortho intramolecular Hbond substituents is 1. The van der Waals surface area contributed by atoms with E-state index in [-0.39, 0.29) is 11.7 Å². The van der Waals surface area contributed by atoms with Gasteiger partial charge < -0.3 is 19.5 Å². The highest BCUT2D eigenvalue weighted by Crippen LogP contribution is 2.22.